The maximum absolute atomic E-state index is 6.24. The van der Waals surface area contributed by atoms with Gasteiger partial charge in [-0.3, -0.25) is 4.90 Å². The number of benzene rings is 1. The van der Waals surface area contributed by atoms with Crippen LogP contribution in [0.3, 0.4) is 0 Å². The Morgan fingerprint density at radius 1 is 1.37 bits per heavy atom. The standard InChI is InChI=1S/C16H25BrN2/c1-12(18)16(14-8-5-9-15(17)10-14)19(2)11-13-6-3-4-7-13/h5,8-10,12-13,16H,3-4,6-7,11,18H2,1-2H3. The van der Waals surface area contributed by atoms with Crippen molar-refractivity contribution in [1.29, 1.82) is 0 Å². The lowest BCUT2D eigenvalue weighted by Gasteiger charge is -2.33. The molecule has 0 spiro atoms. The Kier molecular flexibility index (Phi) is 5.43. The summed E-state index contributed by atoms with van der Waals surface area (Å²) >= 11 is 3.56. The molecule has 2 nitrogen and oxygen atoms in total. The fraction of sp³-hybridized carbons (Fsp3) is 0.625. The van der Waals surface area contributed by atoms with Gasteiger partial charge in [-0.15, -0.1) is 0 Å². The highest BCUT2D eigenvalue weighted by atomic mass is 79.9. The van der Waals surface area contributed by atoms with Crippen molar-refractivity contribution in [2.24, 2.45) is 11.7 Å². The molecule has 2 rings (SSSR count). The smallest absolute Gasteiger partial charge is 0.0494 e. The predicted molar refractivity (Wildman–Crippen MR) is 85.1 cm³/mol. The van der Waals surface area contributed by atoms with Crippen molar-refractivity contribution in [2.75, 3.05) is 13.6 Å². The molecule has 2 atom stereocenters. The Hall–Kier alpha value is -0.380. The van der Waals surface area contributed by atoms with Crippen LogP contribution in [0, 0.1) is 5.92 Å². The van der Waals surface area contributed by atoms with Crippen LogP contribution in [0.25, 0.3) is 0 Å². The van der Waals surface area contributed by atoms with Crippen LogP contribution in [-0.4, -0.2) is 24.5 Å². The average molecular weight is 325 g/mol. The van der Waals surface area contributed by atoms with Crippen LogP contribution in [0.5, 0.6) is 0 Å². The zero-order valence-electron chi connectivity index (χ0n) is 12.0. The van der Waals surface area contributed by atoms with Gasteiger partial charge in [0.2, 0.25) is 0 Å². The first-order valence-corrected chi connectivity index (χ1v) is 8.08. The van der Waals surface area contributed by atoms with Crippen LogP contribution in [0.15, 0.2) is 28.7 Å². The number of halogens is 1. The number of hydrogen-bond donors (Lipinski definition) is 1. The minimum atomic E-state index is 0.140. The first-order chi connectivity index (χ1) is 9.08. The molecule has 0 bridgehead atoms. The van der Waals surface area contributed by atoms with E-state index in [4.69, 9.17) is 5.73 Å². The topological polar surface area (TPSA) is 29.3 Å². The van der Waals surface area contributed by atoms with Gasteiger partial charge in [-0.25, -0.2) is 0 Å². The summed E-state index contributed by atoms with van der Waals surface area (Å²) in [4.78, 5) is 2.45. The highest BCUT2D eigenvalue weighted by Crippen LogP contribution is 2.30. The summed E-state index contributed by atoms with van der Waals surface area (Å²) in [5.41, 5.74) is 7.55. The lowest BCUT2D eigenvalue weighted by atomic mass is 9.98. The van der Waals surface area contributed by atoms with Gasteiger partial charge in [-0.2, -0.15) is 0 Å². The highest BCUT2D eigenvalue weighted by molar-refractivity contribution is 9.10. The molecule has 19 heavy (non-hydrogen) atoms. The van der Waals surface area contributed by atoms with Crippen LogP contribution in [0.2, 0.25) is 0 Å². The van der Waals surface area contributed by atoms with Gasteiger partial charge in [0.25, 0.3) is 0 Å². The molecule has 0 saturated heterocycles. The maximum atomic E-state index is 6.24. The van der Waals surface area contributed by atoms with Crippen LogP contribution in [-0.2, 0) is 0 Å². The Balaban J connectivity index is 2.10. The predicted octanol–water partition coefficient (Wildman–Crippen LogP) is 3.96. The van der Waals surface area contributed by atoms with E-state index in [0.29, 0.717) is 6.04 Å². The molecule has 106 valence electrons. The number of nitrogens with two attached hydrogens (primary N) is 1. The number of rotatable bonds is 5. The van der Waals surface area contributed by atoms with Gasteiger partial charge in [-0.05, 0) is 50.4 Å². The summed E-state index contributed by atoms with van der Waals surface area (Å²) in [5, 5.41) is 0. The van der Waals surface area contributed by atoms with Crippen LogP contribution < -0.4 is 5.73 Å². The molecule has 1 aliphatic carbocycles. The molecule has 0 amide bonds. The minimum Gasteiger partial charge on any atom is -0.326 e. The van der Waals surface area contributed by atoms with E-state index in [1.54, 1.807) is 0 Å². The van der Waals surface area contributed by atoms with E-state index >= 15 is 0 Å². The van der Waals surface area contributed by atoms with E-state index in [1.165, 1.54) is 37.8 Å². The van der Waals surface area contributed by atoms with E-state index in [9.17, 15) is 0 Å². The summed E-state index contributed by atoms with van der Waals surface area (Å²) < 4.78 is 1.13. The van der Waals surface area contributed by atoms with Crippen LogP contribution in [0.1, 0.15) is 44.2 Å². The van der Waals surface area contributed by atoms with Gasteiger partial charge in [0.15, 0.2) is 0 Å². The molecule has 1 aromatic carbocycles. The van der Waals surface area contributed by atoms with Gasteiger partial charge in [0, 0.05) is 23.1 Å². The normalized spacial score (nSPS) is 19.8. The summed E-state index contributed by atoms with van der Waals surface area (Å²) in [6, 6.07) is 8.99. The molecule has 0 heterocycles. The van der Waals surface area contributed by atoms with E-state index in [-0.39, 0.29) is 6.04 Å². The number of likely N-dealkylation sites (N-methyl/N-ethyl adjacent to an activating group) is 1. The third kappa shape index (κ3) is 4.04. The molecule has 0 aromatic heterocycles. The summed E-state index contributed by atoms with van der Waals surface area (Å²) in [7, 11) is 2.22. The van der Waals surface area contributed by atoms with Crippen molar-refractivity contribution in [2.45, 2.75) is 44.7 Å². The van der Waals surface area contributed by atoms with Gasteiger partial charge < -0.3 is 5.73 Å². The maximum Gasteiger partial charge on any atom is 0.0494 e. The van der Waals surface area contributed by atoms with Crippen molar-refractivity contribution in [1.82, 2.24) is 4.90 Å². The molecule has 1 aromatic rings. The fourth-order valence-electron chi connectivity index (χ4n) is 3.36. The first kappa shape index (κ1) is 15.0. The van der Waals surface area contributed by atoms with E-state index in [1.807, 2.05) is 0 Å². The van der Waals surface area contributed by atoms with Gasteiger partial charge >= 0.3 is 0 Å². The molecular formula is C16H25BrN2. The van der Waals surface area contributed by atoms with Crippen molar-refractivity contribution >= 4 is 15.9 Å². The Morgan fingerprint density at radius 3 is 2.63 bits per heavy atom. The Labute approximate surface area is 125 Å². The zero-order chi connectivity index (χ0) is 13.8. The molecule has 1 saturated carbocycles. The van der Waals surface area contributed by atoms with Crippen LogP contribution in [0.4, 0.5) is 0 Å². The second-order valence-electron chi connectivity index (χ2n) is 5.95. The van der Waals surface area contributed by atoms with Gasteiger partial charge in [0.1, 0.15) is 0 Å². The Morgan fingerprint density at radius 2 is 2.05 bits per heavy atom. The quantitative estimate of drug-likeness (QED) is 0.888. The zero-order valence-corrected chi connectivity index (χ0v) is 13.6. The van der Waals surface area contributed by atoms with E-state index in [0.717, 1.165) is 10.4 Å². The fourth-order valence-corrected chi connectivity index (χ4v) is 3.78. The summed E-state index contributed by atoms with van der Waals surface area (Å²) in [6.45, 7) is 3.27. The van der Waals surface area contributed by atoms with E-state index < -0.39 is 0 Å². The minimum absolute atomic E-state index is 0.140. The molecule has 0 aliphatic heterocycles. The average Bonchev–Trinajstić information content (AvgIpc) is 2.81. The monoisotopic (exact) mass is 324 g/mol. The molecule has 1 fully saturated rings. The van der Waals surface area contributed by atoms with Crippen molar-refractivity contribution in [3.05, 3.63) is 34.3 Å². The Bertz CT molecular complexity index is 399. The number of hydrogen-bond acceptors (Lipinski definition) is 2. The van der Waals surface area contributed by atoms with E-state index in [2.05, 4.69) is 59.1 Å². The largest absolute Gasteiger partial charge is 0.326 e. The van der Waals surface area contributed by atoms with Crippen molar-refractivity contribution < 1.29 is 0 Å². The molecular weight excluding hydrogens is 300 g/mol. The lowest BCUT2D eigenvalue weighted by molar-refractivity contribution is 0.188. The third-order valence-corrected chi connectivity index (χ3v) is 4.68. The number of nitrogens with zero attached hydrogens (tertiary/aromatic N) is 1. The highest BCUT2D eigenvalue weighted by Gasteiger charge is 2.25. The third-order valence-electron chi connectivity index (χ3n) is 4.18. The SMILES string of the molecule is CC(N)C(c1cccc(Br)c1)N(C)CC1CCCC1. The second-order valence-corrected chi connectivity index (χ2v) is 6.86. The summed E-state index contributed by atoms with van der Waals surface area (Å²) in [6.07, 6.45) is 5.57. The van der Waals surface area contributed by atoms with Gasteiger partial charge in [0.05, 0.1) is 0 Å². The lowest BCUT2D eigenvalue weighted by Crippen LogP contribution is -2.39. The molecule has 3 heteroatoms. The second kappa shape index (κ2) is 6.87. The van der Waals surface area contributed by atoms with Crippen molar-refractivity contribution in [3.8, 4) is 0 Å². The first-order valence-electron chi connectivity index (χ1n) is 7.29. The molecule has 2 unspecified atom stereocenters. The molecule has 2 N–H and O–H groups in total. The van der Waals surface area contributed by atoms with Gasteiger partial charge in [-0.1, -0.05) is 40.9 Å². The van der Waals surface area contributed by atoms with Crippen molar-refractivity contribution in [3.63, 3.8) is 0 Å². The van der Waals surface area contributed by atoms with Crippen LogP contribution >= 0.6 is 15.9 Å². The summed E-state index contributed by atoms with van der Waals surface area (Å²) in [5.74, 6) is 0.860. The molecule has 1 aliphatic rings. The molecule has 0 radical (unpaired) electrons.